The van der Waals surface area contributed by atoms with Crippen LogP contribution in [-0.2, 0) is 0 Å². The summed E-state index contributed by atoms with van der Waals surface area (Å²) in [6.45, 7) is 5.57. The molecule has 8 nitrogen and oxygen atoms in total. The van der Waals surface area contributed by atoms with E-state index in [0.29, 0.717) is 23.7 Å². The summed E-state index contributed by atoms with van der Waals surface area (Å²) in [5, 5.41) is 25.1. The van der Waals surface area contributed by atoms with Crippen molar-refractivity contribution in [2.75, 3.05) is 23.8 Å². The number of hydrogen-bond donors (Lipinski definition) is 4. The van der Waals surface area contributed by atoms with E-state index in [9.17, 15) is 9.59 Å². The maximum absolute atomic E-state index is 13.6. The van der Waals surface area contributed by atoms with Gasteiger partial charge in [-0.25, -0.2) is 0 Å². The molecule has 224 valence electrons. The van der Waals surface area contributed by atoms with Crippen LogP contribution in [0.3, 0.4) is 0 Å². The summed E-state index contributed by atoms with van der Waals surface area (Å²) in [4.78, 5) is 27.1. The van der Waals surface area contributed by atoms with Gasteiger partial charge in [-0.2, -0.15) is 0 Å². The van der Waals surface area contributed by atoms with E-state index in [1.807, 2.05) is 48.5 Å². The van der Waals surface area contributed by atoms with Crippen LogP contribution in [0.25, 0.3) is 12.4 Å². The van der Waals surface area contributed by atoms with Gasteiger partial charge in [-0.1, -0.05) is 38.8 Å². The van der Waals surface area contributed by atoms with Gasteiger partial charge in [0.25, 0.3) is 0 Å². The summed E-state index contributed by atoms with van der Waals surface area (Å²) in [6, 6.07) is 21.4. The van der Waals surface area contributed by atoms with Crippen LogP contribution in [0.2, 0.25) is 0 Å². The zero-order valence-corrected chi connectivity index (χ0v) is 25.0. The molecule has 0 radical (unpaired) electrons. The lowest BCUT2D eigenvalue weighted by molar-refractivity contribution is 0.309. The molecule has 4 N–H and O–H groups in total. The van der Waals surface area contributed by atoms with E-state index in [-0.39, 0.29) is 31.6 Å². The monoisotopic (exact) mass is 588 g/mol. The molecule has 0 aliphatic heterocycles. The maximum Gasteiger partial charge on any atom is 0.196 e. The average Bonchev–Trinajstić information content (AvgIpc) is 3.04. The Morgan fingerprint density at radius 3 is 1.34 bits per heavy atom. The summed E-state index contributed by atoms with van der Waals surface area (Å²) < 4.78 is 11.4. The first kappa shape index (κ1) is 30.2. The molecule has 44 heavy (non-hydrogen) atoms. The third-order valence-corrected chi connectivity index (χ3v) is 7.45. The Morgan fingerprint density at radius 2 is 0.977 bits per heavy atom. The first-order valence-electron chi connectivity index (χ1n) is 14.9. The SMILES string of the molecule is CCCCOc1ccc(NC=c2ccc3c(=O)c4c(=N)c(=CNc5ccc(OCCCC)cc5)ccc=4c(=O)c=3c2=N)cc1. The Bertz CT molecular complexity index is 2060. The van der Waals surface area contributed by atoms with Gasteiger partial charge in [0.1, 0.15) is 11.5 Å². The van der Waals surface area contributed by atoms with Crippen molar-refractivity contribution in [3.8, 4) is 11.5 Å². The summed E-state index contributed by atoms with van der Waals surface area (Å²) in [6.07, 6.45) is 7.41. The van der Waals surface area contributed by atoms with E-state index in [1.165, 1.54) is 0 Å². The second-order valence-electron chi connectivity index (χ2n) is 10.6. The van der Waals surface area contributed by atoms with Crippen molar-refractivity contribution in [3.05, 3.63) is 135 Å². The molecule has 5 rings (SSSR count). The molecular formula is C36H36N4O4. The molecule has 0 saturated heterocycles. The molecule has 8 heteroatoms. The lowest BCUT2D eigenvalue weighted by atomic mass is 10.0. The Balaban J connectivity index is 1.46. The lowest BCUT2D eigenvalue weighted by Gasteiger charge is -2.06. The number of nitrogens with one attached hydrogen (secondary N) is 4. The van der Waals surface area contributed by atoms with Gasteiger partial charge >= 0.3 is 0 Å². The molecule has 0 bridgehead atoms. The van der Waals surface area contributed by atoms with Gasteiger partial charge in [-0.05, 0) is 73.5 Å². The van der Waals surface area contributed by atoms with Gasteiger partial charge in [0.05, 0.1) is 34.4 Å². The maximum atomic E-state index is 13.6. The first-order chi connectivity index (χ1) is 21.4. The third-order valence-electron chi connectivity index (χ3n) is 7.45. The van der Waals surface area contributed by atoms with Gasteiger partial charge in [0.2, 0.25) is 0 Å². The molecule has 2 aromatic carbocycles. The molecular weight excluding hydrogens is 552 g/mol. The number of rotatable bonds is 12. The van der Waals surface area contributed by atoms with Crippen LogP contribution in [0, 0.1) is 31.7 Å². The van der Waals surface area contributed by atoms with Crippen LogP contribution in [0.5, 0.6) is 11.5 Å². The largest absolute Gasteiger partial charge is 0.494 e. The summed E-state index contributed by atoms with van der Waals surface area (Å²) in [5.41, 5.74) is 0.723. The van der Waals surface area contributed by atoms with Gasteiger partial charge < -0.3 is 20.1 Å². The van der Waals surface area contributed by atoms with E-state index in [1.54, 1.807) is 36.7 Å². The summed E-state index contributed by atoms with van der Waals surface area (Å²) in [5.74, 6) is 1.57. The number of benzene rings is 2. The Hall–Kier alpha value is -5.24. The zero-order chi connectivity index (χ0) is 31.1. The fraction of sp³-hybridized carbons (Fsp3) is 0.222. The lowest BCUT2D eigenvalue weighted by Crippen LogP contribution is -2.37. The molecule has 0 fully saturated rings. The molecule has 0 atom stereocenters. The van der Waals surface area contributed by atoms with E-state index in [2.05, 4.69) is 24.5 Å². The van der Waals surface area contributed by atoms with E-state index in [0.717, 1.165) is 48.6 Å². The fourth-order valence-corrected chi connectivity index (χ4v) is 4.88. The van der Waals surface area contributed by atoms with Crippen LogP contribution in [0.4, 0.5) is 11.4 Å². The van der Waals surface area contributed by atoms with Gasteiger partial charge in [0.15, 0.2) is 10.9 Å². The van der Waals surface area contributed by atoms with Crippen molar-refractivity contribution in [3.63, 3.8) is 0 Å². The predicted molar refractivity (Wildman–Crippen MR) is 173 cm³/mol. The fourth-order valence-electron chi connectivity index (χ4n) is 4.88. The predicted octanol–water partition coefficient (Wildman–Crippen LogP) is 3.75. The minimum atomic E-state index is -0.435. The molecule has 0 aromatic heterocycles. The van der Waals surface area contributed by atoms with Crippen LogP contribution >= 0.6 is 0 Å². The van der Waals surface area contributed by atoms with Crippen molar-refractivity contribution in [2.45, 2.75) is 39.5 Å². The van der Waals surface area contributed by atoms with E-state index < -0.39 is 10.9 Å². The normalized spacial score (nSPS) is 12.1. The van der Waals surface area contributed by atoms with E-state index in [4.69, 9.17) is 20.3 Å². The Labute approximate surface area is 254 Å². The second-order valence-corrected chi connectivity index (χ2v) is 10.6. The van der Waals surface area contributed by atoms with Crippen molar-refractivity contribution in [1.29, 1.82) is 10.8 Å². The topological polar surface area (TPSA) is 124 Å². The van der Waals surface area contributed by atoms with Crippen molar-refractivity contribution in [1.82, 2.24) is 0 Å². The highest BCUT2D eigenvalue weighted by atomic mass is 16.5. The minimum Gasteiger partial charge on any atom is -0.494 e. The third kappa shape index (κ3) is 6.54. The Morgan fingerprint density at radius 1 is 0.591 bits per heavy atom. The molecule has 3 aliphatic carbocycles. The summed E-state index contributed by atoms with van der Waals surface area (Å²) >= 11 is 0. The number of unbranched alkanes of at least 4 members (excludes halogenated alkanes) is 2. The van der Waals surface area contributed by atoms with Crippen molar-refractivity contribution < 1.29 is 9.47 Å². The van der Waals surface area contributed by atoms with Crippen LogP contribution < -0.4 is 52.1 Å². The molecule has 0 unspecified atom stereocenters. The number of hydrogen-bond acceptors (Lipinski definition) is 8. The quantitative estimate of drug-likeness (QED) is 0.165. The molecule has 0 saturated carbocycles. The molecule has 2 aromatic rings. The number of anilines is 2. The van der Waals surface area contributed by atoms with Gasteiger partial charge in [0, 0.05) is 44.6 Å². The van der Waals surface area contributed by atoms with Crippen molar-refractivity contribution in [2.24, 2.45) is 0 Å². The smallest absolute Gasteiger partial charge is 0.196 e. The molecule has 3 aliphatic rings. The highest BCUT2D eigenvalue weighted by molar-refractivity contribution is 5.56. The molecule has 0 heterocycles. The molecule has 0 amide bonds. The second kappa shape index (κ2) is 13.8. The van der Waals surface area contributed by atoms with Gasteiger partial charge in [-0.3, -0.25) is 20.4 Å². The average molecular weight is 589 g/mol. The molecule has 0 spiro atoms. The highest BCUT2D eigenvalue weighted by Gasteiger charge is 2.09. The highest BCUT2D eigenvalue weighted by Crippen LogP contribution is 2.17. The Kier molecular flexibility index (Phi) is 9.49. The van der Waals surface area contributed by atoms with Crippen LogP contribution in [0.15, 0.2) is 82.4 Å². The van der Waals surface area contributed by atoms with Crippen LogP contribution in [0.1, 0.15) is 39.5 Å². The summed E-state index contributed by atoms with van der Waals surface area (Å²) in [7, 11) is 0. The minimum absolute atomic E-state index is 0.0375. The number of ether oxygens (including phenoxy) is 2. The first-order valence-corrected chi connectivity index (χ1v) is 14.9. The van der Waals surface area contributed by atoms with E-state index >= 15 is 0 Å². The van der Waals surface area contributed by atoms with Gasteiger partial charge in [-0.15, -0.1) is 0 Å². The zero-order valence-electron chi connectivity index (χ0n) is 25.0. The van der Waals surface area contributed by atoms with Crippen molar-refractivity contribution >= 4 is 23.8 Å². The standard InChI is InChI=1S/C36H36N4O4/c1-3-5-19-43-27-13-9-25(10-14-27)39-21-23-7-17-29-31(33(23)37)35(41)30-18-8-24(34(38)32(30)36(29)42)22-40-26-11-15-28(16-12-26)44-20-6-4-2/h7-18,21-22,37-40H,3-6,19-20H2,1-2H3. The van der Waals surface area contributed by atoms with Crippen LogP contribution in [-0.4, -0.2) is 13.2 Å².